The van der Waals surface area contributed by atoms with E-state index in [0.29, 0.717) is 5.41 Å². The van der Waals surface area contributed by atoms with Crippen molar-refractivity contribution in [1.29, 1.82) is 0 Å². The van der Waals surface area contributed by atoms with Gasteiger partial charge in [0.05, 0.1) is 12.2 Å². The van der Waals surface area contributed by atoms with E-state index in [4.69, 9.17) is 4.42 Å². The zero-order valence-corrected chi connectivity index (χ0v) is 9.89. The van der Waals surface area contributed by atoms with Gasteiger partial charge >= 0.3 is 0 Å². The third-order valence-corrected chi connectivity index (χ3v) is 3.46. The molecule has 0 amide bonds. The molecule has 84 valence electrons. The van der Waals surface area contributed by atoms with Gasteiger partial charge in [-0.25, -0.2) is 4.98 Å². The number of nitrogens with zero attached hydrogens (tertiary/aromatic N) is 1. The first-order valence-electron chi connectivity index (χ1n) is 5.73. The van der Waals surface area contributed by atoms with Crippen molar-refractivity contribution in [2.75, 3.05) is 6.54 Å². The molecule has 0 aromatic carbocycles. The second-order valence-electron chi connectivity index (χ2n) is 5.02. The highest BCUT2D eigenvalue weighted by atomic mass is 16.4. The third-order valence-electron chi connectivity index (χ3n) is 3.46. The molecular formula is C12H20N2O. The summed E-state index contributed by atoms with van der Waals surface area (Å²) in [5.41, 5.74) is 1.53. The zero-order chi connectivity index (χ0) is 10.9. The Balaban J connectivity index is 1.78. The van der Waals surface area contributed by atoms with Crippen LogP contribution >= 0.6 is 0 Å². The maximum atomic E-state index is 5.51. The number of hydrogen-bond acceptors (Lipinski definition) is 3. The highest BCUT2D eigenvalue weighted by Gasteiger charge is 2.30. The second-order valence-corrected chi connectivity index (χ2v) is 5.02. The Labute approximate surface area is 91.3 Å². The number of hydrogen-bond donors (Lipinski definition) is 1. The van der Waals surface area contributed by atoms with E-state index in [-0.39, 0.29) is 0 Å². The van der Waals surface area contributed by atoms with E-state index in [2.05, 4.69) is 17.2 Å². The van der Waals surface area contributed by atoms with E-state index in [1.807, 2.05) is 13.8 Å². The standard InChI is InChI=1S/C12H20N2O/c1-9-10(2)15-11(14-9)7-13-8-12(3)5-4-6-12/h13H,4-8H2,1-3H3. The Morgan fingerprint density at radius 3 is 2.60 bits per heavy atom. The largest absolute Gasteiger partial charge is 0.444 e. The number of rotatable bonds is 4. The molecule has 15 heavy (non-hydrogen) atoms. The minimum atomic E-state index is 0.524. The minimum Gasteiger partial charge on any atom is -0.444 e. The van der Waals surface area contributed by atoms with Crippen molar-refractivity contribution in [1.82, 2.24) is 10.3 Å². The summed E-state index contributed by atoms with van der Waals surface area (Å²) in [5, 5.41) is 3.43. The summed E-state index contributed by atoms with van der Waals surface area (Å²) < 4.78 is 5.51. The van der Waals surface area contributed by atoms with Crippen molar-refractivity contribution in [2.45, 2.75) is 46.6 Å². The van der Waals surface area contributed by atoms with E-state index in [0.717, 1.165) is 30.4 Å². The lowest BCUT2D eigenvalue weighted by Gasteiger charge is -2.38. The molecular weight excluding hydrogens is 188 g/mol. The van der Waals surface area contributed by atoms with Gasteiger partial charge in [-0.3, -0.25) is 0 Å². The highest BCUT2D eigenvalue weighted by molar-refractivity contribution is 5.05. The maximum absolute atomic E-state index is 5.51. The molecule has 1 aromatic rings. The molecule has 1 fully saturated rings. The first kappa shape index (κ1) is 10.7. The summed E-state index contributed by atoms with van der Waals surface area (Å²) in [6.07, 6.45) is 4.09. The van der Waals surface area contributed by atoms with Gasteiger partial charge in [0.1, 0.15) is 5.76 Å². The molecule has 0 radical (unpaired) electrons. The second kappa shape index (κ2) is 3.97. The Hall–Kier alpha value is -0.830. The van der Waals surface area contributed by atoms with Crippen molar-refractivity contribution in [3.05, 3.63) is 17.3 Å². The van der Waals surface area contributed by atoms with Crippen molar-refractivity contribution < 1.29 is 4.42 Å². The van der Waals surface area contributed by atoms with Gasteiger partial charge in [-0.1, -0.05) is 13.3 Å². The van der Waals surface area contributed by atoms with Gasteiger partial charge in [-0.05, 0) is 32.1 Å². The smallest absolute Gasteiger partial charge is 0.208 e. The Morgan fingerprint density at radius 2 is 2.13 bits per heavy atom. The number of nitrogens with one attached hydrogen (secondary N) is 1. The van der Waals surface area contributed by atoms with Crippen molar-refractivity contribution in [3.8, 4) is 0 Å². The van der Waals surface area contributed by atoms with Gasteiger partial charge in [-0.2, -0.15) is 0 Å². The first-order chi connectivity index (χ1) is 7.09. The van der Waals surface area contributed by atoms with E-state index < -0.39 is 0 Å². The van der Waals surface area contributed by atoms with Crippen LogP contribution in [0.15, 0.2) is 4.42 Å². The average molecular weight is 208 g/mol. The van der Waals surface area contributed by atoms with Crippen LogP contribution in [0, 0.1) is 19.3 Å². The van der Waals surface area contributed by atoms with Gasteiger partial charge in [-0.15, -0.1) is 0 Å². The van der Waals surface area contributed by atoms with Gasteiger partial charge in [0.2, 0.25) is 5.89 Å². The van der Waals surface area contributed by atoms with Crippen LogP contribution in [0.5, 0.6) is 0 Å². The lowest BCUT2D eigenvalue weighted by Crippen LogP contribution is -2.37. The monoisotopic (exact) mass is 208 g/mol. The lowest BCUT2D eigenvalue weighted by molar-refractivity contribution is 0.155. The molecule has 1 aromatic heterocycles. The summed E-state index contributed by atoms with van der Waals surface area (Å²) in [6.45, 7) is 8.11. The van der Waals surface area contributed by atoms with Crippen LogP contribution in [0.25, 0.3) is 0 Å². The van der Waals surface area contributed by atoms with E-state index in [1.54, 1.807) is 0 Å². The summed E-state index contributed by atoms with van der Waals surface area (Å²) >= 11 is 0. The lowest BCUT2D eigenvalue weighted by atomic mass is 9.70. The molecule has 1 saturated carbocycles. The molecule has 3 nitrogen and oxygen atoms in total. The van der Waals surface area contributed by atoms with Gasteiger partial charge in [0, 0.05) is 6.54 Å². The van der Waals surface area contributed by atoms with Crippen LogP contribution in [-0.2, 0) is 6.54 Å². The van der Waals surface area contributed by atoms with Crippen LogP contribution in [-0.4, -0.2) is 11.5 Å². The van der Waals surface area contributed by atoms with Crippen LogP contribution < -0.4 is 5.32 Å². The summed E-state index contributed by atoms with van der Waals surface area (Å²) in [4.78, 5) is 4.34. The molecule has 1 heterocycles. The first-order valence-corrected chi connectivity index (χ1v) is 5.73. The van der Waals surface area contributed by atoms with Crippen LogP contribution in [0.4, 0.5) is 0 Å². The van der Waals surface area contributed by atoms with Gasteiger partial charge < -0.3 is 9.73 Å². The fourth-order valence-electron chi connectivity index (χ4n) is 2.04. The highest BCUT2D eigenvalue weighted by Crippen LogP contribution is 2.39. The van der Waals surface area contributed by atoms with Crippen LogP contribution in [0.3, 0.4) is 0 Å². The molecule has 1 N–H and O–H groups in total. The molecule has 1 aliphatic carbocycles. The van der Waals surface area contributed by atoms with Gasteiger partial charge in [0.25, 0.3) is 0 Å². The minimum absolute atomic E-state index is 0.524. The molecule has 3 heteroatoms. The molecule has 0 bridgehead atoms. The van der Waals surface area contributed by atoms with Crippen LogP contribution in [0.1, 0.15) is 43.5 Å². The predicted molar refractivity (Wildman–Crippen MR) is 59.6 cm³/mol. The Kier molecular flexibility index (Phi) is 2.83. The quantitative estimate of drug-likeness (QED) is 0.826. The summed E-state index contributed by atoms with van der Waals surface area (Å²) in [6, 6.07) is 0. The molecule has 0 atom stereocenters. The number of aryl methyl sites for hydroxylation is 2. The fraction of sp³-hybridized carbons (Fsp3) is 0.750. The average Bonchev–Trinajstić information content (AvgIpc) is 2.43. The summed E-state index contributed by atoms with van der Waals surface area (Å²) in [7, 11) is 0. The van der Waals surface area contributed by atoms with E-state index >= 15 is 0 Å². The molecule has 0 aliphatic heterocycles. The number of oxazole rings is 1. The van der Waals surface area contributed by atoms with Crippen molar-refractivity contribution in [2.24, 2.45) is 5.41 Å². The third kappa shape index (κ3) is 2.40. The van der Waals surface area contributed by atoms with E-state index in [1.165, 1.54) is 19.3 Å². The zero-order valence-electron chi connectivity index (χ0n) is 9.89. The van der Waals surface area contributed by atoms with Crippen molar-refractivity contribution in [3.63, 3.8) is 0 Å². The normalized spacial score (nSPS) is 18.9. The maximum Gasteiger partial charge on any atom is 0.208 e. The fourth-order valence-corrected chi connectivity index (χ4v) is 2.04. The Bertz CT molecular complexity index is 320. The molecule has 0 saturated heterocycles. The van der Waals surface area contributed by atoms with Gasteiger partial charge in [0.15, 0.2) is 0 Å². The topological polar surface area (TPSA) is 38.1 Å². The summed E-state index contributed by atoms with van der Waals surface area (Å²) in [5.74, 6) is 1.74. The van der Waals surface area contributed by atoms with Crippen LogP contribution in [0.2, 0.25) is 0 Å². The molecule has 0 unspecified atom stereocenters. The SMILES string of the molecule is Cc1nc(CNCC2(C)CCC2)oc1C. The van der Waals surface area contributed by atoms with E-state index in [9.17, 15) is 0 Å². The van der Waals surface area contributed by atoms with Crippen molar-refractivity contribution >= 4 is 0 Å². The molecule has 1 aliphatic rings. The molecule has 0 spiro atoms. The Morgan fingerprint density at radius 1 is 1.40 bits per heavy atom. The number of aromatic nitrogens is 1. The molecule has 2 rings (SSSR count). The predicted octanol–water partition coefficient (Wildman–Crippen LogP) is 2.57.